The number of carbonyl (C=O) groups excluding carboxylic acids is 1. The fourth-order valence-corrected chi connectivity index (χ4v) is 3.27. The molecule has 3 aromatic rings. The van der Waals surface area contributed by atoms with Crippen molar-refractivity contribution >= 4 is 34.5 Å². The van der Waals surface area contributed by atoms with Gasteiger partial charge in [-0.1, -0.05) is 43.0 Å². The van der Waals surface area contributed by atoms with E-state index in [0.717, 1.165) is 11.1 Å². The maximum Gasteiger partial charge on any atom is 0.257 e. The van der Waals surface area contributed by atoms with Gasteiger partial charge >= 0.3 is 0 Å². The number of para-hydroxylation sites is 4. The van der Waals surface area contributed by atoms with Gasteiger partial charge in [0.05, 0.1) is 17.5 Å². The van der Waals surface area contributed by atoms with Gasteiger partial charge in [-0.3, -0.25) is 4.79 Å². The molecule has 3 rings (SSSR count). The molecule has 0 saturated carbocycles. The average Bonchev–Trinajstić information content (AvgIpc) is 3.04. The highest BCUT2D eigenvalue weighted by Gasteiger charge is 2.22. The molecule has 6 heteroatoms. The Morgan fingerprint density at radius 1 is 1.20 bits per heavy atom. The molecule has 0 saturated heterocycles. The van der Waals surface area contributed by atoms with Crippen LogP contribution in [0, 0.1) is 0 Å². The van der Waals surface area contributed by atoms with Crippen molar-refractivity contribution in [2.45, 2.75) is 30.7 Å². The molecule has 1 unspecified atom stereocenters. The van der Waals surface area contributed by atoms with Crippen LogP contribution >= 0.6 is 11.8 Å². The van der Waals surface area contributed by atoms with E-state index in [2.05, 4.69) is 10.3 Å². The van der Waals surface area contributed by atoms with Crippen molar-refractivity contribution in [2.75, 3.05) is 11.9 Å². The van der Waals surface area contributed by atoms with Crippen molar-refractivity contribution in [2.24, 2.45) is 0 Å². The highest BCUT2D eigenvalue weighted by Crippen LogP contribution is 2.30. The first kappa shape index (κ1) is 17.4. The number of thioether (sulfide) groups is 1. The first-order valence-corrected chi connectivity index (χ1v) is 9.14. The average molecular weight is 356 g/mol. The Labute approximate surface area is 150 Å². The molecular formula is C19H20N2O3S. The molecule has 1 atom stereocenters. The van der Waals surface area contributed by atoms with Crippen LogP contribution in [0.3, 0.4) is 0 Å². The Morgan fingerprint density at radius 2 is 1.96 bits per heavy atom. The van der Waals surface area contributed by atoms with Crippen molar-refractivity contribution in [3.63, 3.8) is 0 Å². The molecule has 130 valence electrons. The van der Waals surface area contributed by atoms with Crippen LogP contribution in [0.1, 0.15) is 20.3 Å². The SMILES string of the molecule is CCOc1ccccc1NC(=O)C(CC)Sc1nc2ccccc2o1. The summed E-state index contributed by atoms with van der Waals surface area (Å²) in [6.45, 7) is 4.42. The van der Waals surface area contributed by atoms with Gasteiger partial charge in [0.25, 0.3) is 5.22 Å². The van der Waals surface area contributed by atoms with Gasteiger partial charge in [0.15, 0.2) is 5.58 Å². The number of fused-ring (bicyclic) bond motifs is 1. The monoisotopic (exact) mass is 356 g/mol. The summed E-state index contributed by atoms with van der Waals surface area (Å²) in [5.41, 5.74) is 2.19. The van der Waals surface area contributed by atoms with Gasteiger partial charge < -0.3 is 14.5 Å². The summed E-state index contributed by atoms with van der Waals surface area (Å²) < 4.78 is 11.3. The Kier molecular flexibility index (Phi) is 5.60. The Morgan fingerprint density at radius 3 is 2.72 bits per heavy atom. The molecule has 0 spiro atoms. The lowest BCUT2D eigenvalue weighted by molar-refractivity contribution is -0.115. The Bertz CT molecular complexity index is 830. The number of amides is 1. The molecule has 0 radical (unpaired) electrons. The largest absolute Gasteiger partial charge is 0.492 e. The molecule has 0 aliphatic carbocycles. The predicted molar refractivity (Wildman–Crippen MR) is 100 cm³/mol. The van der Waals surface area contributed by atoms with E-state index >= 15 is 0 Å². The minimum Gasteiger partial charge on any atom is -0.492 e. The number of anilines is 1. The smallest absolute Gasteiger partial charge is 0.257 e. The number of carbonyl (C=O) groups is 1. The van der Waals surface area contributed by atoms with E-state index < -0.39 is 0 Å². The number of ether oxygens (including phenoxy) is 1. The molecule has 0 aliphatic rings. The van der Waals surface area contributed by atoms with Crippen molar-refractivity contribution in [1.29, 1.82) is 0 Å². The number of aromatic nitrogens is 1. The van der Waals surface area contributed by atoms with Crippen LogP contribution in [0.5, 0.6) is 5.75 Å². The van der Waals surface area contributed by atoms with Crippen LogP contribution in [0.15, 0.2) is 58.2 Å². The highest BCUT2D eigenvalue weighted by atomic mass is 32.2. The lowest BCUT2D eigenvalue weighted by Crippen LogP contribution is -2.24. The van der Waals surface area contributed by atoms with Gasteiger partial charge in [0.2, 0.25) is 5.91 Å². The molecule has 0 bridgehead atoms. The van der Waals surface area contributed by atoms with Crippen molar-refractivity contribution < 1.29 is 13.9 Å². The lowest BCUT2D eigenvalue weighted by atomic mass is 10.2. The van der Waals surface area contributed by atoms with Crippen LogP contribution in [-0.4, -0.2) is 22.7 Å². The van der Waals surface area contributed by atoms with E-state index in [-0.39, 0.29) is 11.2 Å². The van der Waals surface area contributed by atoms with Gasteiger partial charge in [-0.15, -0.1) is 0 Å². The second-order valence-corrected chi connectivity index (χ2v) is 6.53. The molecule has 1 N–H and O–H groups in total. The normalized spacial score (nSPS) is 12.1. The number of rotatable bonds is 7. The maximum absolute atomic E-state index is 12.7. The standard InChI is InChI=1S/C19H20N2O3S/c1-3-17(25-19-21-14-10-6-8-12-16(14)24-19)18(22)20-13-9-5-7-11-15(13)23-4-2/h5-12,17H,3-4H2,1-2H3,(H,20,22). The van der Waals surface area contributed by atoms with Crippen molar-refractivity contribution in [1.82, 2.24) is 4.98 Å². The number of hydrogen-bond acceptors (Lipinski definition) is 5. The van der Waals surface area contributed by atoms with E-state index in [1.54, 1.807) is 0 Å². The minimum absolute atomic E-state index is 0.0955. The van der Waals surface area contributed by atoms with E-state index in [1.165, 1.54) is 11.8 Å². The molecule has 5 nitrogen and oxygen atoms in total. The van der Waals surface area contributed by atoms with E-state index in [0.29, 0.717) is 29.7 Å². The van der Waals surface area contributed by atoms with Crippen LogP contribution in [0.25, 0.3) is 11.1 Å². The van der Waals surface area contributed by atoms with Crippen LogP contribution in [0.4, 0.5) is 5.69 Å². The fraction of sp³-hybridized carbons (Fsp3) is 0.263. The zero-order chi connectivity index (χ0) is 17.6. The Balaban J connectivity index is 1.73. The number of nitrogens with one attached hydrogen (secondary N) is 1. The van der Waals surface area contributed by atoms with E-state index in [9.17, 15) is 4.79 Å². The number of benzene rings is 2. The molecule has 0 aliphatic heterocycles. The summed E-state index contributed by atoms with van der Waals surface area (Å²) in [5.74, 6) is 0.571. The molecule has 1 aromatic heterocycles. The quantitative estimate of drug-likeness (QED) is 0.620. The topological polar surface area (TPSA) is 64.4 Å². The van der Waals surface area contributed by atoms with Gasteiger partial charge in [-0.25, -0.2) is 4.98 Å². The number of oxazole rings is 1. The second kappa shape index (κ2) is 8.07. The van der Waals surface area contributed by atoms with Crippen LogP contribution in [-0.2, 0) is 4.79 Å². The van der Waals surface area contributed by atoms with Gasteiger partial charge in [-0.2, -0.15) is 0 Å². The highest BCUT2D eigenvalue weighted by molar-refractivity contribution is 8.00. The Hall–Kier alpha value is -2.47. The third-order valence-corrected chi connectivity index (χ3v) is 4.83. The van der Waals surface area contributed by atoms with E-state index in [4.69, 9.17) is 9.15 Å². The summed E-state index contributed by atoms with van der Waals surface area (Å²) in [6, 6.07) is 15.0. The lowest BCUT2D eigenvalue weighted by Gasteiger charge is -2.15. The molecular weight excluding hydrogens is 336 g/mol. The summed E-state index contributed by atoms with van der Waals surface area (Å²) in [6.07, 6.45) is 0.659. The number of nitrogens with zero attached hydrogens (tertiary/aromatic N) is 1. The molecule has 25 heavy (non-hydrogen) atoms. The summed E-state index contributed by atoms with van der Waals surface area (Å²) in [7, 11) is 0. The van der Waals surface area contributed by atoms with Crippen molar-refractivity contribution in [3.8, 4) is 5.75 Å². The number of hydrogen-bond donors (Lipinski definition) is 1. The summed E-state index contributed by atoms with van der Waals surface area (Å²) in [4.78, 5) is 17.1. The first-order valence-electron chi connectivity index (χ1n) is 8.26. The molecule has 2 aromatic carbocycles. The first-order chi connectivity index (χ1) is 12.2. The maximum atomic E-state index is 12.7. The molecule has 0 fully saturated rings. The van der Waals surface area contributed by atoms with Gasteiger partial charge in [-0.05, 0) is 37.6 Å². The third-order valence-electron chi connectivity index (χ3n) is 3.63. The van der Waals surface area contributed by atoms with E-state index in [1.807, 2.05) is 62.4 Å². The zero-order valence-corrected chi connectivity index (χ0v) is 15.0. The van der Waals surface area contributed by atoms with Crippen LogP contribution in [0.2, 0.25) is 0 Å². The van der Waals surface area contributed by atoms with Crippen LogP contribution < -0.4 is 10.1 Å². The predicted octanol–water partition coefficient (Wildman–Crippen LogP) is 4.74. The third kappa shape index (κ3) is 4.14. The minimum atomic E-state index is -0.303. The molecule has 1 heterocycles. The van der Waals surface area contributed by atoms with Crippen molar-refractivity contribution in [3.05, 3.63) is 48.5 Å². The summed E-state index contributed by atoms with van der Waals surface area (Å²) >= 11 is 1.33. The molecule has 1 amide bonds. The second-order valence-electron chi connectivity index (χ2n) is 5.38. The summed E-state index contributed by atoms with van der Waals surface area (Å²) in [5, 5.41) is 3.14. The van der Waals surface area contributed by atoms with Gasteiger partial charge in [0, 0.05) is 0 Å². The fourth-order valence-electron chi connectivity index (χ4n) is 2.41. The van der Waals surface area contributed by atoms with Gasteiger partial charge in [0.1, 0.15) is 11.3 Å². The zero-order valence-electron chi connectivity index (χ0n) is 14.2.